The molecule has 4 heterocycles. The van der Waals surface area contributed by atoms with Crippen LogP contribution < -0.4 is 0 Å². The number of nitrogens with zero attached hydrogens (tertiary/aromatic N) is 4. The summed E-state index contributed by atoms with van der Waals surface area (Å²) in [5, 5.41) is 0. The standard InChI is InChI=1S/C20H24N4O/c25-20(4-3-16-2-1-7-22-10-16)24-14-18-12-23(13-19(18)15-24)11-17-5-8-21-9-6-17/h1-2,5-10,18-19H,3-4,11-15H2/t18-,19-/m0/s1. The summed E-state index contributed by atoms with van der Waals surface area (Å²) >= 11 is 0. The predicted octanol–water partition coefficient (Wildman–Crippen LogP) is 2.00. The van der Waals surface area contributed by atoms with Crippen molar-refractivity contribution >= 4 is 5.91 Å². The van der Waals surface area contributed by atoms with Gasteiger partial charge in [0, 0.05) is 63.9 Å². The minimum Gasteiger partial charge on any atom is -0.342 e. The first-order valence-corrected chi connectivity index (χ1v) is 9.06. The Kier molecular flexibility index (Phi) is 4.74. The summed E-state index contributed by atoms with van der Waals surface area (Å²) in [7, 11) is 0. The number of aromatic nitrogens is 2. The Balaban J connectivity index is 1.25. The Morgan fingerprint density at radius 3 is 2.40 bits per heavy atom. The topological polar surface area (TPSA) is 49.3 Å². The molecule has 2 aliphatic heterocycles. The zero-order chi connectivity index (χ0) is 17.1. The number of carbonyl (C=O) groups is 1. The average Bonchev–Trinajstić information content (AvgIpc) is 3.20. The number of fused-ring (bicyclic) bond motifs is 1. The quantitative estimate of drug-likeness (QED) is 0.838. The van der Waals surface area contributed by atoms with Gasteiger partial charge in [-0.3, -0.25) is 19.7 Å². The maximum Gasteiger partial charge on any atom is 0.222 e. The Labute approximate surface area is 148 Å². The van der Waals surface area contributed by atoms with Crippen LogP contribution in [0.15, 0.2) is 49.1 Å². The van der Waals surface area contributed by atoms with Crippen LogP contribution in [0.2, 0.25) is 0 Å². The van der Waals surface area contributed by atoms with Crippen LogP contribution in [0, 0.1) is 11.8 Å². The van der Waals surface area contributed by atoms with Crippen LogP contribution in [0.25, 0.3) is 0 Å². The number of aryl methyl sites for hydroxylation is 1. The monoisotopic (exact) mass is 336 g/mol. The predicted molar refractivity (Wildman–Crippen MR) is 95.6 cm³/mol. The molecule has 5 heteroatoms. The van der Waals surface area contributed by atoms with Crippen LogP contribution in [0.3, 0.4) is 0 Å². The van der Waals surface area contributed by atoms with E-state index in [0.717, 1.165) is 44.7 Å². The molecule has 0 bridgehead atoms. The highest BCUT2D eigenvalue weighted by molar-refractivity contribution is 5.76. The lowest BCUT2D eigenvalue weighted by atomic mass is 10.0. The molecular weight excluding hydrogens is 312 g/mol. The van der Waals surface area contributed by atoms with Crippen LogP contribution in [-0.2, 0) is 17.8 Å². The molecule has 1 amide bonds. The zero-order valence-electron chi connectivity index (χ0n) is 14.4. The van der Waals surface area contributed by atoms with E-state index in [2.05, 4.69) is 31.9 Å². The molecule has 0 aromatic carbocycles. The van der Waals surface area contributed by atoms with Crippen molar-refractivity contribution in [3.05, 3.63) is 60.2 Å². The van der Waals surface area contributed by atoms with Gasteiger partial charge in [0.2, 0.25) is 5.91 Å². The van der Waals surface area contributed by atoms with E-state index >= 15 is 0 Å². The van der Waals surface area contributed by atoms with Gasteiger partial charge in [-0.05, 0) is 47.6 Å². The third-order valence-corrected chi connectivity index (χ3v) is 5.42. The van der Waals surface area contributed by atoms with E-state index < -0.39 is 0 Å². The Morgan fingerprint density at radius 1 is 0.960 bits per heavy atom. The Hall–Kier alpha value is -2.27. The third-order valence-electron chi connectivity index (χ3n) is 5.42. The first kappa shape index (κ1) is 16.2. The maximum atomic E-state index is 12.5. The van der Waals surface area contributed by atoms with Crippen molar-refractivity contribution in [2.24, 2.45) is 11.8 Å². The first-order valence-electron chi connectivity index (χ1n) is 9.06. The normalized spacial score (nSPS) is 23.0. The fourth-order valence-electron chi connectivity index (χ4n) is 4.12. The zero-order valence-corrected chi connectivity index (χ0v) is 14.4. The molecule has 0 spiro atoms. The summed E-state index contributed by atoms with van der Waals surface area (Å²) < 4.78 is 0. The van der Waals surface area contributed by atoms with Crippen LogP contribution in [0.5, 0.6) is 0 Å². The molecule has 25 heavy (non-hydrogen) atoms. The van der Waals surface area contributed by atoms with E-state index in [1.165, 1.54) is 5.56 Å². The van der Waals surface area contributed by atoms with Gasteiger partial charge in [0.25, 0.3) is 0 Å². The number of amides is 1. The molecule has 130 valence electrons. The van der Waals surface area contributed by atoms with E-state index in [0.29, 0.717) is 24.2 Å². The molecule has 0 aliphatic carbocycles. The van der Waals surface area contributed by atoms with Gasteiger partial charge in [0.05, 0.1) is 0 Å². The van der Waals surface area contributed by atoms with Gasteiger partial charge in [-0.1, -0.05) is 6.07 Å². The molecule has 4 rings (SSSR count). The summed E-state index contributed by atoms with van der Waals surface area (Å²) in [6.07, 6.45) is 8.70. The van der Waals surface area contributed by atoms with Crippen molar-refractivity contribution in [2.45, 2.75) is 19.4 Å². The van der Waals surface area contributed by atoms with E-state index in [1.807, 2.05) is 30.7 Å². The van der Waals surface area contributed by atoms with E-state index in [4.69, 9.17) is 0 Å². The second kappa shape index (κ2) is 7.31. The highest BCUT2D eigenvalue weighted by Crippen LogP contribution is 2.32. The summed E-state index contributed by atoms with van der Waals surface area (Å²) in [5.41, 5.74) is 2.46. The van der Waals surface area contributed by atoms with Crippen molar-refractivity contribution in [2.75, 3.05) is 26.2 Å². The summed E-state index contributed by atoms with van der Waals surface area (Å²) in [4.78, 5) is 25.3. The number of pyridine rings is 2. The maximum absolute atomic E-state index is 12.5. The van der Waals surface area contributed by atoms with Crippen molar-refractivity contribution < 1.29 is 4.79 Å². The third kappa shape index (κ3) is 3.87. The van der Waals surface area contributed by atoms with Crippen LogP contribution in [0.1, 0.15) is 17.5 Å². The molecule has 0 saturated carbocycles. The van der Waals surface area contributed by atoms with Crippen molar-refractivity contribution in [1.29, 1.82) is 0 Å². The SMILES string of the molecule is O=C(CCc1cccnc1)N1C[C@@H]2CN(Cc3ccncc3)C[C@H]2C1. The van der Waals surface area contributed by atoms with Crippen molar-refractivity contribution in [1.82, 2.24) is 19.8 Å². The second-order valence-electron chi connectivity index (χ2n) is 7.23. The molecule has 2 aromatic heterocycles. The van der Waals surface area contributed by atoms with Gasteiger partial charge in [-0.2, -0.15) is 0 Å². The van der Waals surface area contributed by atoms with Gasteiger partial charge < -0.3 is 4.90 Å². The minimum absolute atomic E-state index is 0.291. The van der Waals surface area contributed by atoms with Crippen molar-refractivity contribution in [3.63, 3.8) is 0 Å². The molecule has 2 saturated heterocycles. The number of likely N-dealkylation sites (tertiary alicyclic amines) is 2. The van der Waals surface area contributed by atoms with E-state index in [1.54, 1.807) is 6.20 Å². The molecule has 0 radical (unpaired) electrons. The van der Waals surface area contributed by atoms with Gasteiger partial charge in [-0.15, -0.1) is 0 Å². The van der Waals surface area contributed by atoms with E-state index in [-0.39, 0.29) is 0 Å². The molecule has 0 N–H and O–H groups in total. The molecule has 2 aliphatic rings. The number of rotatable bonds is 5. The Morgan fingerprint density at radius 2 is 1.72 bits per heavy atom. The summed E-state index contributed by atoms with van der Waals surface area (Å²) in [5.74, 6) is 1.55. The van der Waals surface area contributed by atoms with Crippen LogP contribution in [0.4, 0.5) is 0 Å². The van der Waals surface area contributed by atoms with E-state index in [9.17, 15) is 4.79 Å². The van der Waals surface area contributed by atoms with Crippen LogP contribution >= 0.6 is 0 Å². The van der Waals surface area contributed by atoms with Gasteiger partial charge in [-0.25, -0.2) is 0 Å². The Bertz CT molecular complexity index is 692. The molecule has 0 unspecified atom stereocenters. The molecular formula is C20H24N4O. The van der Waals surface area contributed by atoms with Crippen molar-refractivity contribution in [3.8, 4) is 0 Å². The van der Waals surface area contributed by atoms with Gasteiger partial charge in [0.15, 0.2) is 0 Å². The number of carbonyl (C=O) groups excluding carboxylic acids is 1. The fraction of sp³-hybridized carbons (Fsp3) is 0.450. The lowest BCUT2D eigenvalue weighted by Crippen LogP contribution is -2.33. The highest BCUT2D eigenvalue weighted by atomic mass is 16.2. The molecule has 2 aromatic rings. The lowest BCUT2D eigenvalue weighted by molar-refractivity contribution is -0.130. The fourth-order valence-corrected chi connectivity index (χ4v) is 4.12. The van der Waals surface area contributed by atoms with Gasteiger partial charge >= 0.3 is 0 Å². The number of hydrogen-bond acceptors (Lipinski definition) is 4. The lowest BCUT2D eigenvalue weighted by Gasteiger charge is -2.21. The summed E-state index contributed by atoms with van der Waals surface area (Å²) in [6.45, 7) is 5.02. The number of hydrogen-bond donors (Lipinski definition) is 0. The first-order chi connectivity index (χ1) is 12.3. The smallest absolute Gasteiger partial charge is 0.222 e. The minimum atomic E-state index is 0.291. The largest absolute Gasteiger partial charge is 0.342 e. The van der Waals surface area contributed by atoms with Gasteiger partial charge in [0.1, 0.15) is 0 Å². The average molecular weight is 336 g/mol. The van der Waals surface area contributed by atoms with Crippen LogP contribution in [-0.4, -0.2) is 51.9 Å². The second-order valence-corrected chi connectivity index (χ2v) is 7.23. The summed E-state index contributed by atoms with van der Waals surface area (Å²) in [6, 6.07) is 8.14. The highest BCUT2D eigenvalue weighted by Gasteiger charge is 2.41. The molecule has 2 atom stereocenters. The molecule has 5 nitrogen and oxygen atoms in total. The molecule has 2 fully saturated rings.